The highest BCUT2D eigenvalue weighted by Crippen LogP contribution is 2.25. The van der Waals surface area contributed by atoms with Crippen molar-refractivity contribution in [3.8, 4) is 11.6 Å². The summed E-state index contributed by atoms with van der Waals surface area (Å²) in [5.41, 5.74) is 3.16. The number of aliphatic carboxylic acids is 1. The van der Waals surface area contributed by atoms with E-state index in [0.29, 0.717) is 31.1 Å². The first kappa shape index (κ1) is 15.5. The molecule has 6 heteroatoms. The van der Waals surface area contributed by atoms with Crippen LogP contribution in [0.1, 0.15) is 16.7 Å². The van der Waals surface area contributed by atoms with Gasteiger partial charge in [0.05, 0.1) is 6.26 Å². The standard InChI is InChI=1S/C19H17N3O3/c23-19(24)16-8-14-4-1-2-5-15(14)12-22(16)11-13-9-20-18(21-10-13)17-6-3-7-25-17/h1-7,9-10,16H,8,11-12H2,(H,23,24)/t16-/m1/s1. The van der Waals surface area contributed by atoms with Crippen molar-refractivity contribution in [2.45, 2.75) is 25.6 Å². The fraction of sp³-hybridized carbons (Fsp3) is 0.211. The van der Waals surface area contributed by atoms with Crippen LogP contribution in [-0.4, -0.2) is 32.0 Å². The zero-order valence-corrected chi connectivity index (χ0v) is 13.5. The molecule has 1 aliphatic heterocycles. The number of hydrogen-bond acceptors (Lipinski definition) is 5. The van der Waals surface area contributed by atoms with Gasteiger partial charge in [-0.15, -0.1) is 0 Å². The molecule has 1 N–H and O–H groups in total. The van der Waals surface area contributed by atoms with Crippen LogP contribution in [0.2, 0.25) is 0 Å². The Morgan fingerprint density at radius 3 is 2.60 bits per heavy atom. The summed E-state index contributed by atoms with van der Waals surface area (Å²) in [6, 6.07) is 11.0. The number of aromatic nitrogens is 2. The highest BCUT2D eigenvalue weighted by molar-refractivity contribution is 5.74. The summed E-state index contributed by atoms with van der Waals surface area (Å²) < 4.78 is 5.28. The van der Waals surface area contributed by atoms with Gasteiger partial charge in [-0.3, -0.25) is 9.69 Å². The Hall–Kier alpha value is -2.99. The minimum atomic E-state index is -0.803. The van der Waals surface area contributed by atoms with Crippen LogP contribution in [0.4, 0.5) is 0 Å². The van der Waals surface area contributed by atoms with E-state index >= 15 is 0 Å². The maximum absolute atomic E-state index is 11.7. The van der Waals surface area contributed by atoms with Crippen molar-refractivity contribution in [1.82, 2.24) is 14.9 Å². The fourth-order valence-electron chi connectivity index (χ4n) is 3.19. The third kappa shape index (κ3) is 3.16. The Bertz CT molecular complexity index is 875. The largest absolute Gasteiger partial charge is 0.480 e. The minimum Gasteiger partial charge on any atom is -0.480 e. The van der Waals surface area contributed by atoms with Crippen LogP contribution in [0, 0.1) is 0 Å². The average molecular weight is 335 g/mol. The lowest BCUT2D eigenvalue weighted by atomic mass is 9.93. The number of fused-ring (bicyclic) bond motifs is 1. The lowest BCUT2D eigenvalue weighted by molar-refractivity contribution is -0.144. The Kier molecular flexibility index (Phi) is 4.03. The average Bonchev–Trinajstić information content (AvgIpc) is 3.16. The van der Waals surface area contributed by atoms with E-state index in [0.717, 1.165) is 11.1 Å². The molecule has 0 saturated carbocycles. The molecule has 0 saturated heterocycles. The summed E-state index contributed by atoms with van der Waals surface area (Å²) in [6.07, 6.45) is 5.54. The molecule has 0 unspecified atom stereocenters. The predicted octanol–water partition coefficient (Wildman–Crippen LogP) is 2.75. The molecule has 126 valence electrons. The van der Waals surface area contributed by atoms with Crippen LogP contribution in [-0.2, 0) is 24.3 Å². The number of benzene rings is 1. The Balaban J connectivity index is 1.55. The van der Waals surface area contributed by atoms with Gasteiger partial charge in [0.15, 0.2) is 11.6 Å². The molecule has 0 radical (unpaired) electrons. The summed E-state index contributed by atoms with van der Waals surface area (Å²) in [5.74, 6) is 0.331. The van der Waals surface area contributed by atoms with E-state index in [1.54, 1.807) is 30.8 Å². The Morgan fingerprint density at radius 1 is 1.16 bits per heavy atom. The van der Waals surface area contributed by atoms with Gasteiger partial charge >= 0.3 is 5.97 Å². The predicted molar refractivity (Wildman–Crippen MR) is 90.6 cm³/mol. The second-order valence-corrected chi connectivity index (χ2v) is 6.12. The number of carboxylic acids is 1. The van der Waals surface area contributed by atoms with Gasteiger partial charge in [0, 0.05) is 31.0 Å². The summed E-state index contributed by atoms with van der Waals surface area (Å²) in [6.45, 7) is 1.09. The number of rotatable bonds is 4. The van der Waals surface area contributed by atoms with Crippen LogP contribution in [0.15, 0.2) is 59.5 Å². The monoisotopic (exact) mass is 335 g/mol. The topological polar surface area (TPSA) is 79.5 Å². The Labute approximate surface area is 144 Å². The van der Waals surface area contributed by atoms with Gasteiger partial charge in [-0.05, 0) is 29.7 Å². The normalized spacial score (nSPS) is 17.2. The molecular formula is C19H17N3O3. The molecule has 0 bridgehead atoms. The van der Waals surface area contributed by atoms with Gasteiger partial charge in [-0.2, -0.15) is 0 Å². The molecule has 1 aromatic carbocycles. The molecule has 6 nitrogen and oxygen atoms in total. The van der Waals surface area contributed by atoms with Crippen molar-refractivity contribution in [3.63, 3.8) is 0 Å². The van der Waals surface area contributed by atoms with E-state index in [4.69, 9.17) is 4.42 Å². The van der Waals surface area contributed by atoms with E-state index in [9.17, 15) is 9.90 Å². The molecule has 1 atom stereocenters. The fourth-order valence-corrected chi connectivity index (χ4v) is 3.19. The zero-order chi connectivity index (χ0) is 17.2. The molecule has 4 rings (SSSR count). The number of hydrogen-bond donors (Lipinski definition) is 1. The molecule has 2 aromatic heterocycles. The number of furan rings is 1. The second-order valence-electron chi connectivity index (χ2n) is 6.12. The molecule has 0 amide bonds. The highest BCUT2D eigenvalue weighted by Gasteiger charge is 2.31. The van der Waals surface area contributed by atoms with Crippen molar-refractivity contribution < 1.29 is 14.3 Å². The van der Waals surface area contributed by atoms with Gasteiger partial charge in [0.2, 0.25) is 0 Å². The van der Waals surface area contributed by atoms with Gasteiger partial charge in [-0.1, -0.05) is 24.3 Å². The summed E-state index contributed by atoms with van der Waals surface area (Å²) in [7, 11) is 0. The number of carbonyl (C=O) groups is 1. The van der Waals surface area contributed by atoms with Gasteiger partial charge in [0.1, 0.15) is 6.04 Å². The van der Waals surface area contributed by atoms with Crippen LogP contribution in [0.25, 0.3) is 11.6 Å². The molecule has 0 spiro atoms. The molecule has 0 aliphatic carbocycles. The van der Waals surface area contributed by atoms with E-state index < -0.39 is 12.0 Å². The van der Waals surface area contributed by atoms with Crippen LogP contribution < -0.4 is 0 Å². The first-order chi connectivity index (χ1) is 12.2. The lowest BCUT2D eigenvalue weighted by Crippen LogP contribution is -2.45. The van der Waals surface area contributed by atoms with Crippen molar-refractivity contribution in [2.75, 3.05) is 0 Å². The van der Waals surface area contributed by atoms with Crippen molar-refractivity contribution >= 4 is 5.97 Å². The first-order valence-corrected chi connectivity index (χ1v) is 8.09. The quantitative estimate of drug-likeness (QED) is 0.790. The van der Waals surface area contributed by atoms with Gasteiger partial charge < -0.3 is 9.52 Å². The Morgan fingerprint density at radius 2 is 1.92 bits per heavy atom. The summed E-state index contributed by atoms with van der Waals surface area (Å²) >= 11 is 0. The van der Waals surface area contributed by atoms with E-state index in [1.165, 1.54) is 5.56 Å². The number of nitrogens with zero attached hydrogens (tertiary/aromatic N) is 3. The first-order valence-electron chi connectivity index (χ1n) is 8.09. The molecular weight excluding hydrogens is 318 g/mol. The van der Waals surface area contributed by atoms with E-state index in [1.807, 2.05) is 23.1 Å². The van der Waals surface area contributed by atoms with Gasteiger partial charge in [0.25, 0.3) is 0 Å². The highest BCUT2D eigenvalue weighted by atomic mass is 16.4. The summed E-state index contributed by atoms with van der Waals surface area (Å²) in [5, 5.41) is 9.60. The third-order valence-electron chi connectivity index (χ3n) is 4.46. The van der Waals surface area contributed by atoms with E-state index in [-0.39, 0.29) is 0 Å². The third-order valence-corrected chi connectivity index (χ3v) is 4.46. The van der Waals surface area contributed by atoms with Crippen molar-refractivity contribution in [1.29, 1.82) is 0 Å². The second kappa shape index (κ2) is 6.49. The van der Waals surface area contributed by atoms with Gasteiger partial charge in [-0.25, -0.2) is 9.97 Å². The van der Waals surface area contributed by atoms with Crippen LogP contribution in [0.5, 0.6) is 0 Å². The maximum Gasteiger partial charge on any atom is 0.321 e. The van der Waals surface area contributed by atoms with E-state index in [2.05, 4.69) is 16.0 Å². The van der Waals surface area contributed by atoms with Crippen LogP contribution >= 0.6 is 0 Å². The maximum atomic E-state index is 11.7. The molecule has 3 aromatic rings. The zero-order valence-electron chi connectivity index (χ0n) is 13.5. The smallest absolute Gasteiger partial charge is 0.321 e. The SMILES string of the molecule is O=C(O)[C@H]1Cc2ccccc2CN1Cc1cnc(-c2ccco2)nc1. The van der Waals surface area contributed by atoms with Crippen molar-refractivity contribution in [2.24, 2.45) is 0 Å². The van der Waals surface area contributed by atoms with Crippen LogP contribution in [0.3, 0.4) is 0 Å². The molecule has 1 aliphatic rings. The lowest BCUT2D eigenvalue weighted by Gasteiger charge is -2.34. The minimum absolute atomic E-state index is 0.490. The number of carboxylic acid groups (broad SMARTS) is 1. The van der Waals surface area contributed by atoms with Crippen molar-refractivity contribution in [3.05, 3.63) is 71.7 Å². The molecule has 3 heterocycles. The molecule has 0 fully saturated rings. The molecule has 25 heavy (non-hydrogen) atoms. The summed E-state index contributed by atoms with van der Waals surface area (Å²) in [4.78, 5) is 22.3.